The Bertz CT molecular complexity index is 378. The Kier molecular flexibility index (Phi) is 4.82. The van der Waals surface area contributed by atoms with Gasteiger partial charge in [-0.15, -0.1) is 0 Å². The monoisotopic (exact) mass is 235 g/mol. The number of nitro groups is 1. The fourth-order valence-corrected chi connectivity index (χ4v) is 2.28. The van der Waals surface area contributed by atoms with E-state index in [1.54, 1.807) is 0 Å². The normalized spacial score (nSPS) is 13.9. The number of aldehydes is 1. The number of carbonyl (C=O) groups is 1. The van der Waals surface area contributed by atoms with E-state index in [0.717, 1.165) is 18.3 Å². The lowest BCUT2D eigenvalue weighted by Crippen LogP contribution is -2.35. The smallest absolute Gasteiger partial charge is 0.213 e. The van der Waals surface area contributed by atoms with Crippen molar-refractivity contribution in [2.75, 3.05) is 6.54 Å². The molecule has 1 aromatic carbocycles. The van der Waals surface area contributed by atoms with Crippen LogP contribution in [-0.4, -0.2) is 17.8 Å². The van der Waals surface area contributed by atoms with Crippen molar-refractivity contribution >= 4 is 6.29 Å². The quantitative estimate of drug-likeness (QED) is 0.414. The lowest BCUT2D eigenvalue weighted by Gasteiger charge is -2.28. The first kappa shape index (κ1) is 13.4. The van der Waals surface area contributed by atoms with E-state index in [4.69, 9.17) is 0 Å². The van der Waals surface area contributed by atoms with E-state index in [1.807, 2.05) is 37.3 Å². The van der Waals surface area contributed by atoms with Crippen molar-refractivity contribution in [2.24, 2.45) is 0 Å². The molecular formula is C13H17NO3. The number of nitrogens with zero attached hydrogens (tertiary/aromatic N) is 1. The Balaban J connectivity index is 3.13. The molecule has 0 fully saturated rings. The third-order valence-electron chi connectivity index (χ3n) is 3.02. The van der Waals surface area contributed by atoms with Crippen LogP contribution in [0.15, 0.2) is 30.3 Å². The fourth-order valence-electron chi connectivity index (χ4n) is 2.28. The maximum Gasteiger partial charge on any atom is 0.213 e. The van der Waals surface area contributed by atoms with E-state index < -0.39 is 5.41 Å². The molecule has 1 atom stereocenters. The van der Waals surface area contributed by atoms with E-state index in [0.29, 0.717) is 6.42 Å². The van der Waals surface area contributed by atoms with Gasteiger partial charge >= 0.3 is 0 Å². The maximum atomic E-state index is 10.8. The molecular weight excluding hydrogens is 218 g/mol. The van der Waals surface area contributed by atoms with Gasteiger partial charge in [-0.3, -0.25) is 10.1 Å². The lowest BCUT2D eigenvalue weighted by atomic mass is 9.74. The highest BCUT2D eigenvalue weighted by Gasteiger charge is 2.36. The van der Waals surface area contributed by atoms with Crippen LogP contribution >= 0.6 is 0 Å². The van der Waals surface area contributed by atoms with E-state index in [1.165, 1.54) is 0 Å². The molecule has 92 valence electrons. The summed E-state index contributed by atoms with van der Waals surface area (Å²) in [6.45, 7) is 1.78. The van der Waals surface area contributed by atoms with Crippen LogP contribution < -0.4 is 0 Å². The predicted molar refractivity (Wildman–Crippen MR) is 65.6 cm³/mol. The summed E-state index contributed by atoms with van der Waals surface area (Å²) in [5, 5.41) is 10.8. The van der Waals surface area contributed by atoms with Gasteiger partial charge in [0.1, 0.15) is 6.29 Å². The average Bonchev–Trinajstić information content (AvgIpc) is 2.30. The molecule has 0 aromatic heterocycles. The minimum atomic E-state index is -0.652. The summed E-state index contributed by atoms with van der Waals surface area (Å²) in [6.07, 6.45) is 2.45. The molecule has 0 saturated heterocycles. The maximum absolute atomic E-state index is 10.8. The number of benzene rings is 1. The molecule has 0 heterocycles. The van der Waals surface area contributed by atoms with E-state index in [2.05, 4.69) is 0 Å². The van der Waals surface area contributed by atoms with Gasteiger partial charge in [0, 0.05) is 11.3 Å². The van der Waals surface area contributed by atoms with Crippen molar-refractivity contribution < 1.29 is 9.72 Å². The van der Waals surface area contributed by atoms with Gasteiger partial charge in [-0.2, -0.15) is 0 Å². The summed E-state index contributed by atoms with van der Waals surface area (Å²) < 4.78 is 0. The molecule has 0 N–H and O–H groups in total. The van der Waals surface area contributed by atoms with Gasteiger partial charge in [0.25, 0.3) is 0 Å². The zero-order chi connectivity index (χ0) is 12.7. The molecule has 0 spiro atoms. The molecule has 1 rings (SSSR count). The van der Waals surface area contributed by atoms with Gasteiger partial charge in [0.2, 0.25) is 6.54 Å². The molecule has 0 bridgehead atoms. The molecule has 0 aliphatic carbocycles. The van der Waals surface area contributed by atoms with Crippen LogP contribution in [0.4, 0.5) is 0 Å². The molecule has 4 heteroatoms. The first-order valence-corrected chi connectivity index (χ1v) is 5.75. The van der Waals surface area contributed by atoms with Crippen molar-refractivity contribution in [1.82, 2.24) is 0 Å². The van der Waals surface area contributed by atoms with Gasteiger partial charge < -0.3 is 4.79 Å². The molecule has 0 unspecified atom stereocenters. The minimum Gasteiger partial charge on any atom is -0.303 e. The number of hydrogen-bond acceptors (Lipinski definition) is 3. The second kappa shape index (κ2) is 6.13. The van der Waals surface area contributed by atoms with Crippen molar-refractivity contribution in [3.8, 4) is 0 Å². The van der Waals surface area contributed by atoms with Crippen LogP contribution in [0.2, 0.25) is 0 Å². The predicted octanol–water partition coefficient (Wildman–Crippen LogP) is 2.59. The van der Waals surface area contributed by atoms with Gasteiger partial charge in [0.05, 0.1) is 5.41 Å². The standard InChI is InChI=1S/C13H17NO3/c1-2-8-13(9-10-15,11-14(16)17)12-6-4-3-5-7-12/h3-7,10H,2,8-9,11H2,1H3/t13-/m1/s1. The van der Waals surface area contributed by atoms with Gasteiger partial charge in [-0.25, -0.2) is 0 Å². The summed E-state index contributed by atoms with van der Waals surface area (Å²) in [5.41, 5.74) is 0.229. The van der Waals surface area contributed by atoms with E-state index in [-0.39, 0.29) is 17.9 Å². The van der Waals surface area contributed by atoms with Crippen molar-refractivity contribution in [3.05, 3.63) is 46.0 Å². The fraction of sp³-hybridized carbons (Fsp3) is 0.462. The van der Waals surface area contributed by atoms with Crippen LogP contribution in [0.25, 0.3) is 0 Å². The Labute approximate surface area is 101 Å². The molecule has 0 aliphatic heterocycles. The topological polar surface area (TPSA) is 60.2 Å². The molecule has 4 nitrogen and oxygen atoms in total. The second-order valence-electron chi connectivity index (χ2n) is 4.26. The van der Waals surface area contributed by atoms with Crippen molar-refractivity contribution in [3.63, 3.8) is 0 Å². The Morgan fingerprint density at radius 1 is 1.35 bits per heavy atom. The van der Waals surface area contributed by atoms with Gasteiger partial charge in [-0.05, 0) is 12.0 Å². The SMILES string of the molecule is CCC[C@@](CC=O)(C[N+](=O)[O-])c1ccccc1. The lowest BCUT2D eigenvalue weighted by molar-refractivity contribution is -0.491. The highest BCUT2D eigenvalue weighted by atomic mass is 16.6. The zero-order valence-corrected chi connectivity index (χ0v) is 9.96. The summed E-state index contributed by atoms with van der Waals surface area (Å²) in [7, 11) is 0. The Morgan fingerprint density at radius 3 is 2.47 bits per heavy atom. The highest BCUT2D eigenvalue weighted by Crippen LogP contribution is 2.32. The third-order valence-corrected chi connectivity index (χ3v) is 3.02. The minimum absolute atomic E-state index is 0.191. The molecule has 1 aromatic rings. The summed E-state index contributed by atoms with van der Waals surface area (Å²) in [5.74, 6) is 0. The van der Waals surface area contributed by atoms with E-state index in [9.17, 15) is 14.9 Å². The van der Waals surface area contributed by atoms with Crippen LogP contribution in [0.5, 0.6) is 0 Å². The average molecular weight is 235 g/mol. The first-order valence-electron chi connectivity index (χ1n) is 5.75. The highest BCUT2D eigenvalue weighted by molar-refractivity contribution is 5.53. The van der Waals surface area contributed by atoms with Crippen LogP contribution in [0, 0.1) is 10.1 Å². The molecule has 0 amide bonds. The van der Waals surface area contributed by atoms with Crippen molar-refractivity contribution in [1.29, 1.82) is 0 Å². The van der Waals surface area contributed by atoms with Crippen LogP contribution in [-0.2, 0) is 10.2 Å². The molecule has 0 saturated carbocycles. The molecule has 0 aliphatic rings. The molecule has 0 radical (unpaired) electrons. The summed E-state index contributed by atoms with van der Waals surface area (Å²) in [4.78, 5) is 21.3. The Hall–Kier alpha value is -1.71. The largest absolute Gasteiger partial charge is 0.303 e. The van der Waals surface area contributed by atoms with Gasteiger partial charge in [0.15, 0.2) is 0 Å². The number of hydrogen-bond donors (Lipinski definition) is 0. The van der Waals surface area contributed by atoms with Crippen LogP contribution in [0.1, 0.15) is 31.7 Å². The zero-order valence-electron chi connectivity index (χ0n) is 9.96. The Morgan fingerprint density at radius 2 is 2.00 bits per heavy atom. The second-order valence-corrected chi connectivity index (χ2v) is 4.26. The number of rotatable bonds is 7. The molecule has 17 heavy (non-hydrogen) atoms. The van der Waals surface area contributed by atoms with Crippen molar-refractivity contribution in [2.45, 2.75) is 31.6 Å². The summed E-state index contributed by atoms with van der Waals surface area (Å²) in [6, 6.07) is 9.30. The van der Waals surface area contributed by atoms with Gasteiger partial charge in [-0.1, -0.05) is 43.7 Å². The first-order chi connectivity index (χ1) is 8.14. The summed E-state index contributed by atoms with van der Waals surface area (Å²) >= 11 is 0. The third kappa shape index (κ3) is 3.37. The number of carbonyl (C=O) groups excluding carboxylic acids is 1. The van der Waals surface area contributed by atoms with Crippen LogP contribution in [0.3, 0.4) is 0 Å². The van der Waals surface area contributed by atoms with E-state index >= 15 is 0 Å².